The van der Waals surface area contributed by atoms with E-state index in [0.717, 1.165) is 32.4 Å². The highest BCUT2D eigenvalue weighted by molar-refractivity contribution is 5.76. The Morgan fingerprint density at radius 3 is 2.26 bits per heavy atom. The van der Waals surface area contributed by atoms with Crippen LogP contribution in [0.2, 0.25) is 0 Å². The number of carbonyl (C=O) groups is 1. The Morgan fingerprint density at radius 1 is 1.05 bits per heavy atom. The van der Waals surface area contributed by atoms with Gasteiger partial charge in [-0.1, -0.05) is 0 Å². The van der Waals surface area contributed by atoms with E-state index in [-0.39, 0.29) is 6.61 Å². The van der Waals surface area contributed by atoms with Gasteiger partial charge in [-0.2, -0.15) is 0 Å². The van der Waals surface area contributed by atoms with E-state index in [4.69, 9.17) is 5.11 Å². The Labute approximate surface area is 115 Å². The van der Waals surface area contributed by atoms with Gasteiger partial charge in [0.25, 0.3) is 0 Å². The van der Waals surface area contributed by atoms with E-state index in [1.165, 1.54) is 25.7 Å². The van der Waals surface area contributed by atoms with Crippen molar-refractivity contribution in [3.05, 3.63) is 0 Å². The fourth-order valence-corrected chi connectivity index (χ4v) is 4.08. The maximum absolute atomic E-state index is 12.3. The predicted octanol–water partition coefficient (Wildman–Crippen LogP) is 1.14. The number of carbonyl (C=O) groups excluding carboxylic acids is 1. The van der Waals surface area contributed by atoms with E-state index in [0.29, 0.717) is 29.8 Å². The molecule has 0 radical (unpaired) electrons. The monoisotopic (exact) mass is 266 g/mol. The number of hydrogen-bond donors (Lipinski definition) is 2. The molecule has 3 fully saturated rings. The Bertz CT molecular complexity index is 314. The number of rotatable bonds is 3. The second-order valence-electron chi connectivity index (χ2n) is 6.69. The van der Waals surface area contributed by atoms with Crippen molar-refractivity contribution in [2.75, 3.05) is 19.7 Å². The fourth-order valence-electron chi connectivity index (χ4n) is 4.08. The van der Waals surface area contributed by atoms with Crippen molar-refractivity contribution in [1.29, 1.82) is 0 Å². The minimum absolute atomic E-state index is 0.277. The summed E-state index contributed by atoms with van der Waals surface area (Å²) < 4.78 is 0. The molecule has 3 saturated heterocycles. The lowest BCUT2D eigenvalue weighted by Crippen LogP contribution is -2.42. The van der Waals surface area contributed by atoms with E-state index in [1.807, 2.05) is 4.90 Å². The molecular formula is C15H26N2O2. The SMILES string of the molecule is O=C(CC1CC2CCC(C1)N2)N1CCC(CO)CC1. The van der Waals surface area contributed by atoms with Gasteiger partial charge in [0.15, 0.2) is 0 Å². The summed E-state index contributed by atoms with van der Waals surface area (Å²) in [6.45, 7) is 1.98. The van der Waals surface area contributed by atoms with Crippen molar-refractivity contribution in [3.63, 3.8) is 0 Å². The Balaban J connectivity index is 1.46. The number of nitrogens with zero attached hydrogens (tertiary/aromatic N) is 1. The van der Waals surface area contributed by atoms with Crippen LogP contribution in [0.4, 0.5) is 0 Å². The summed E-state index contributed by atoms with van der Waals surface area (Å²) in [6.07, 6.45) is 7.68. The van der Waals surface area contributed by atoms with E-state index in [1.54, 1.807) is 0 Å². The lowest BCUT2D eigenvalue weighted by molar-refractivity contribution is -0.134. The summed E-state index contributed by atoms with van der Waals surface area (Å²) in [7, 11) is 0. The van der Waals surface area contributed by atoms with Gasteiger partial charge in [0.2, 0.25) is 5.91 Å². The molecule has 0 aromatic carbocycles. The first kappa shape index (κ1) is 13.4. The first-order chi connectivity index (χ1) is 9.24. The van der Waals surface area contributed by atoms with Crippen molar-refractivity contribution in [2.24, 2.45) is 11.8 Å². The highest BCUT2D eigenvalue weighted by Gasteiger charge is 2.35. The Kier molecular flexibility index (Phi) is 4.08. The van der Waals surface area contributed by atoms with Gasteiger partial charge in [-0.15, -0.1) is 0 Å². The lowest BCUT2D eigenvalue weighted by Gasteiger charge is -2.34. The number of piperidine rings is 2. The first-order valence-electron chi connectivity index (χ1n) is 7.89. The van der Waals surface area contributed by atoms with Crippen LogP contribution >= 0.6 is 0 Å². The standard InChI is InChI=1S/C15H26N2O2/c18-10-11-3-5-17(6-4-11)15(19)9-12-7-13-1-2-14(8-12)16-13/h11-14,16,18H,1-10H2. The maximum atomic E-state index is 12.3. The van der Waals surface area contributed by atoms with Gasteiger partial charge in [0, 0.05) is 38.2 Å². The molecule has 0 aromatic heterocycles. The Morgan fingerprint density at radius 2 is 1.68 bits per heavy atom. The van der Waals surface area contributed by atoms with Gasteiger partial charge in [-0.3, -0.25) is 4.79 Å². The van der Waals surface area contributed by atoms with Crippen LogP contribution in [-0.4, -0.2) is 47.7 Å². The van der Waals surface area contributed by atoms with Crippen molar-refractivity contribution >= 4 is 5.91 Å². The largest absolute Gasteiger partial charge is 0.396 e. The summed E-state index contributed by atoms with van der Waals surface area (Å²) in [4.78, 5) is 14.4. The van der Waals surface area contributed by atoms with Gasteiger partial charge in [0.05, 0.1) is 0 Å². The molecule has 0 saturated carbocycles. The molecular weight excluding hydrogens is 240 g/mol. The summed E-state index contributed by atoms with van der Waals surface area (Å²) in [5.41, 5.74) is 0. The van der Waals surface area contributed by atoms with Crippen LogP contribution in [-0.2, 0) is 4.79 Å². The maximum Gasteiger partial charge on any atom is 0.222 e. The summed E-state index contributed by atoms with van der Waals surface area (Å²) in [6, 6.07) is 1.35. The van der Waals surface area contributed by atoms with Crippen LogP contribution in [0.25, 0.3) is 0 Å². The smallest absolute Gasteiger partial charge is 0.222 e. The molecule has 4 heteroatoms. The van der Waals surface area contributed by atoms with E-state index >= 15 is 0 Å². The number of likely N-dealkylation sites (tertiary alicyclic amines) is 1. The average molecular weight is 266 g/mol. The molecule has 3 aliphatic rings. The lowest BCUT2D eigenvalue weighted by atomic mass is 9.88. The van der Waals surface area contributed by atoms with Crippen LogP contribution in [0.1, 0.15) is 44.9 Å². The minimum atomic E-state index is 0.277. The molecule has 3 rings (SSSR count). The fraction of sp³-hybridized carbons (Fsp3) is 0.933. The third-order valence-electron chi connectivity index (χ3n) is 5.26. The van der Waals surface area contributed by atoms with Crippen molar-refractivity contribution in [3.8, 4) is 0 Å². The quantitative estimate of drug-likeness (QED) is 0.805. The first-order valence-corrected chi connectivity index (χ1v) is 7.89. The summed E-state index contributed by atoms with van der Waals surface area (Å²) in [5.74, 6) is 1.36. The van der Waals surface area contributed by atoms with Gasteiger partial charge < -0.3 is 15.3 Å². The molecule has 0 aliphatic carbocycles. The van der Waals surface area contributed by atoms with Crippen LogP contribution in [0.3, 0.4) is 0 Å². The highest BCUT2D eigenvalue weighted by atomic mass is 16.3. The molecule has 19 heavy (non-hydrogen) atoms. The van der Waals surface area contributed by atoms with Crippen molar-refractivity contribution in [2.45, 2.75) is 57.0 Å². The highest BCUT2D eigenvalue weighted by Crippen LogP contribution is 2.33. The molecule has 2 atom stereocenters. The van der Waals surface area contributed by atoms with Gasteiger partial charge in [-0.05, 0) is 50.4 Å². The van der Waals surface area contributed by atoms with Crippen LogP contribution in [0.15, 0.2) is 0 Å². The molecule has 2 N–H and O–H groups in total. The molecule has 1 amide bonds. The van der Waals surface area contributed by atoms with E-state index < -0.39 is 0 Å². The number of amides is 1. The second kappa shape index (κ2) is 5.80. The van der Waals surface area contributed by atoms with Gasteiger partial charge in [-0.25, -0.2) is 0 Å². The molecule has 3 aliphatic heterocycles. The molecule has 3 heterocycles. The minimum Gasteiger partial charge on any atom is -0.396 e. The van der Waals surface area contributed by atoms with Crippen molar-refractivity contribution in [1.82, 2.24) is 10.2 Å². The van der Waals surface area contributed by atoms with Crippen molar-refractivity contribution < 1.29 is 9.90 Å². The summed E-state index contributed by atoms with van der Waals surface area (Å²) >= 11 is 0. The number of hydrogen-bond acceptors (Lipinski definition) is 3. The Hall–Kier alpha value is -0.610. The van der Waals surface area contributed by atoms with Crippen LogP contribution in [0, 0.1) is 11.8 Å². The average Bonchev–Trinajstić information content (AvgIpc) is 2.78. The zero-order valence-corrected chi connectivity index (χ0v) is 11.7. The van der Waals surface area contributed by atoms with Gasteiger partial charge in [0.1, 0.15) is 0 Å². The molecule has 4 nitrogen and oxygen atoms in total. The van der Waals surface area contributed by atoms with E-state index in [9.17, 15) is 4.79 Å². The normalized spacial score (nSPS) is 35.6. The molecule has 0 aromatic rings. The number of fused-ring (bicyclic) bond motifs is 2. The second-order valence-corrected chi connectivity index (χ2v) is 6.69. The molecule has 0 spiro atoms. The topological polar surface area (TPSA) is 52.6 Å². The molecule has 108 valence electrons. The summed E-state index contributed by atoms with van der Waals surface area (Å²) in [5, 5.41) is 12.8. The van der Waals surface area contributed by atoms with E-state index in [2.05, 4.69) is 5.32 Å². The predicted molar refractivity (Wildman–Crippen MR) is 73.7 cm³/mol. The number of nitrogens with one attached hydrogen (secondary N) is 1. The number of aliphatic hydroxyl groups excluding tert-OH is 1. The van der Waals surface area contributed by atoms with Crippen LogP contribution < -0.4 is 5.32 Å². The number of aliphatic hydroxyl groups is 1. The zero-order chi connectivity index (χ0) is 13.2. The van der Waals surface area contributed by atoms with Gasteiger partial charge >= 0.3 is 0 Å². The zero-order valence-electron chi connectivity index (χ0n) is 11.7. The third kappa shape index (κ3) is 3.11. The molecule has 2 unspecified atom stereocenters. The molecule has 2 bridgehead atoms. The van der Waals surface area contributed by atoms with Crippen LogP contribution in [0.5, 0.6) is 0 Å². The third-order valence-corrected chi connectivity index (χ3v) is 5.26.